The second-order valence-electron chi connectivity index (χ2n) is 10.2. The van der Waals surface area contributed by atoms with E-state index in [9.17, 15) is 14.9 Å². The highest BCUT2D eigenvalue weighted by Gasteiger charge is 2.34. The minimum atomic E-state index is -0.469. The lowest BCUT2D eigenvalue weighted by atomic mass is 9.83. The Morgan fingerprint density at radius 2 is 1.77 bits per heavy atom. The van der Waals surface area contributed by atoms with Crippen LogP contribution in [-0.2, 0) is 6.42 Å². The number of benzene rings is 3. The molecule has 0 N–H and O–H groups in total. The largest absolute Gasteiger partial charge is 0.496 e. The summed E-state index contributed by atoms with van der Waals surface area (Å²) in [6.07, 6.45) is 3.32. The molecule has 2 aliphatic rings. The van der Waals surface area contributed by atoms with Gasteiger partial charge in [0.05, 0.1) is 41.0 Å². The van der Waals surface area contributed by atoms with E-state index in [2.05, 4.69) is 12.1 Å². The quantitative estimate of drug-likeness (QED) is 0.191. The first kappa shape index (κ1) is 26.7. The number of hydrogen-bond acceptors (Lipinski definition) is 8. The number of nitro groups is 1. The maximum Gasteiger partial charge on any atom is 0.271 e. The highest BCUT2D eigenvalue weighted by atomic mass is 32.1. The van der Waals surface area contributed by atoms with Crippen LogP contribution in [0.25, 0.3) is 23.1 Å². The van der Waals surface area contributed by atoms with Gasteiger partial charge in [0, 0.05) is 29.3 Å². The molecule has 0 saturated carbocycles. The van der Waals surface area contributed by atoms with E-state index in [1.807, 2.05) is 36.4 Å². The third-order valence-corrected chi connectivity index (χ3v) is 8.85. The fourth-order valence-electron chi connectivity index (χ4n) is 5.90. The van der Waals surface area contributed by atoms with E-state index in [0.717, 1.165) is 35.2 Å². The van der Waals surface area contributed by atoms with E-state index in [1.54, 1.807) is 29.9 Å². The van der Waals surface area contributed by atoms with Crippen LogP contribution in [0.5, 0.6) is 11.5 Å². The summed E-state index contributed by atoms with van der Waals surface area (Å²) >= 11 is 1.30. The number of allylic oxidation sites excluding steroid dienone is 1. The van der Waals surface area contributed by atoms with E-state index in [1.165, 1.54) is 42.2 Å². The number of nitrogens with zero attached hydrogens (tertiary/aromatic N) is 3. The molecule has 0 spiro atoms. The molecule has 0 unspecified atom stereocenters. The van der Waals surface area contributed by atoms with Gasteiger partial charge >= 0.3 is 0 Å². The van der Waals surface area contributed by atoms with Gasteiger partial charge in [0.1, 0.15) is 23.0 Å². The minimum absolute atomic E-state index is 0.0797. The summed E-state index contributed by atoms with van der Waals surface area (Å²) in [6, 6.07) is 23.4. The van der Waals surface area contributed by atoms with E-state index < -0.39 is 4.92 Å². The predicted molar refractivity (Wildman–Crippen MR) is 163 cm³/mol. The van der Waals surface area contributed by atoms with Gasteiger partial charge in [-0.25, -0.2) is 4.99 Å². The fraction of sp³-hybridized carbons (Fsp3) is 0.152. The van der Waals surface area contributed by atoms with Crippen molar-refractivity contribution in [2.45, 2.75) is 18.9 Å². The molecule has 3 heterocycles. The summed E-state index contributed by atoms with van der Waals surface area (Å²) in [6.45, 7) is 0. The molecular weight excluding hydrogens is 566 g/mol. The molecule has 214 valence electrons. The SMILES string of the molecule is COc1ccc([N+](=O)[O-])cc1-c1ccc(/C=c2/sc3n(c2=O)[C@H](c2ccccc2OC)C2=C(N=3)c3ccccc3CC2)o1. The van der Waals surface area contributed by atoms with Crippen LogP contribution in [0.1, 0.15) is 34.9 Å². The second kappa shape index (κ2) is 10.6. The van der Waals surface area contributed by atoms with Crippen molar-refractivity contribution >= 4 is 28.8 Å². The Labute approximate surface area is 249 Å². The highest BCUT2D eigenvalue weighted by Crippen LogP contribution is 2.43. The first-order valence-corrected chi connectivity index (χ1v) is 14.5. The summed E-state index contributed by atoms with van der Waals surface area (Å²) in [7, 11) is 3.13. The second-order valence-corrected chi connectivity index (χ2v) is 11.2. The van der Waals surface area contributed by atoms with Crippen LogP contribution >= 0.6 is 11.3 Å². The monoisotopic (exact) mass is 591 g/mol. The molecule has 0 fully saturated rings. The van der Waals surface area contributed by atoms with Crippen molar-refractivity contribution in [3.8, 4) is 22.8 Å². The number of aromatic nitrogens is 1. The number of furan rings is 1. The molecule has 0 radical (unpaired) electrons. The molecule has 5 aromatic rings. The summed E-state index contributed by atoms with van der Waals surface area (Å²) in [5.74, 6) is 1.96. The smallest absolute Gasteiger partial charge is 0.271 e. The number of non-ortho nitro benzene ring substituents is 1. The number of ether oxygens (including phenoxy) is 2. The molecular formula is C33H25N3O6S. The zero-order valence-corrected chi connectivity index (χ0v) is 24.1. The first-order chi connectivity index (χ1) is 21.0. The normalized spacial score (nSPS) is 15.8. The fourth-order valence-corrected chi connectivity index (χ4v) is 6.88. The van der Waals surface area contributed by atoms with E-state index in [4.69, 9.17) is 18.9 Å². The van der Waals surface area contributed by atoms with E-state index >= 15 is 0 Å². The summed E-state index contributed by atoms with van der Waals surface area (Å²) in [4.78, 5) is 30.6. The summed E-state index contributed by atoms with van der Waals surface area (Å²) in [5.41, 5.74) is 5.40. The Morgan fingerprint density at radius 3 is 2.58 bits per heavy atom. The van der Waals surface area contributed by atoms with E-state index in [-0.39, 0.29) is 17.3 Å². The van der Waals surface area contributed by atoms with Crippen LogP contribution in [0.4, 0.5) is 5.69 Å². The van der Waals surface area contributed by atoms with Crippen molar-refractivity contribution in [3.63, 3.8) is 0 Å². The molecule has 1 atom stereocenters. The Balaban J connectivity index is 1.39. The minimum Gasteiger partial charge on any atom is -0.496 e. The third kappa shape index (κ3) is 4.47. The van der Waals surface area contributed by atoms with Crippen LogP contribution in [0.15, 0.2) is 98.6 Å². The lowest BCUT2D eigenvalue weighted by molar-refractivity contribution is -0.384. The van der Waals surface area contributed by atoms with Crippen molar-refractivity contribution in [1.82, 2.24) is 4.57 Å². The lowest BCUT2D eigenvalue weighted by Gasteiger charge is -2.31. The Morgan fingerprint density at radius 1 is 0.977 bits per heavy atom. The van der Waals surface area contributed by atoms with Crippen molar-refractivity contribution in [1.29, 1.82) is 0 Å². The summed E-state index contributed by atoms with van der Waals surface area (Å²) < 4.78 is 19.4. The van der Waals surface area contributed by atoms with Crippen molar-refractivity contribution in [2.24, 2.45) is 4.99 Å². The number of rotatable bonds is 6. The number of fused-ring (bicyclic) bond motifs is 3. The highest BCUT2D eigenvalue weighted by molar-refractivity contribution is 7.07. The number of hydrogen-bond donors (Lipinski definition) is 0. The molecule has 1 aliphatic heterocycles. The van der Waals surface area contributed by atoms with Gasteiger partial charge in [-0.3, -0.25) is 19.5 Å². The van der Waals surface area contributed by atoms with Crippen LogP contribution in [0, 0.1) is 10.1 Å². The molecule has 0 amide bonds. The van der Waals surface area contributed by atoms with Crippen LogP contribution < -0.4 is 24.4 Å². The predicted octanol–water partition coefficient (Wildman–Crippen LogP) is 5.50. The number of thiazole rings is 1. The summed E-state index contributed by atoms with van der Waals surface area (Å²) in [5, 5.41) is 11.4. The molecule has 1 aliphatic carbocycles. The standard InChI is InChI=1S/C33H25N3O6S/c1-40-26-10-6-5-9-23(26)31-24-14-11-19-7-3-4-8-22(19)30(24)34-33-35(31)32(37)29(43-33)18-21-13-16-28(42-21)25-17-20(36(38)39)12-15-27(25)41-2/h3-10,12-13,15-18,31H,11,14H2,1-2H3/b29-18+/t31-/m1/s1. The van der Waals surface area contributed by atoms with Crippen molar-refractivity contribution in [2.75, 3.05) is 14.2 Å². The van der Waals surface area contributed by atoms with Gasteiger partial charge in [0.15, 0.2) is 4.80 Å². The zero-order chi connectivity index (χ0) is 29.7. The number of nitro benzene ring substituents is 1. The average Bonchev–Trinajstić information content (AvgIpc) is 3.63. The van der Waals surface area contributed by atoms with Gasteiger partial charge in [-0.15, -0.1) is 0 Å². The Hall–Kier alpha value is -5.22. The van der Waals surface area contributed by atoms with Crippen LogP contribution in [0.2, 0.25) is 0 Å². The average molecular weight is 592 g/mol. The molecule has 0 saturated heterocycles. The van der Waals surface area contributed by atoms with Gasteiger partial charge in [0.2, 0.25) is 0 Å². The molecule has 3 aromatic carbocycles. The molecule has 0 bridgehead atoms. The number of methoxy groups -OCH3 is 2. The lowest BCUT2D eigenvalue weighted by Crippen LogP contribution is -2.38. The van der Waals surface area contributed by atoms with Crippen LogP contribution in [0.3, 0.4) is 0 Å². The maximum atomic E-state index is 14.1. The molecule has 7 rings (SSSR count). The zero-order valence-electron chi connectivity index (χ0n) is 23.3. The van der Waals surface area contributed by atoms with Gasteiger partial charge in [-0.1, -0.05) is 53.8 Å². The van der Waals surface area contributed by atoms with Crippen molar-refractivity contribution in [3.05, 3.63) is 137 Å². The van der Waals surface area contributed by atoms with Gasteiger partial charge < -0.3 is 13.9 Å². The van der Waals surface area contributed by atoms with Crippen LogP contribution in [-0.4, -0.2) is 23.7 Å². The van der Waals surface area contributed by atoms with E-state index in [0.29, 0.717) is 37.9 Å². The topological polar surface area (TPSA) is 109 Å². The third-order valence-electron chi connectivity index (χ3n) is 7.87. The van der Waals surface area contributed by atoms with Gasteiger partial charge in [-0.05, 0) is 48.2 Å². The maximum absolute atomic E-state index is 14.1. The number of para-hydroxylation sites is 1. The molecule has 43 heavy (non-hydrogen) atoms. The number of aryl methyl sites for hydroxylation is 1. The molecule has 9 nitrogen and oxygen atoms in total. The Bertz CT molecular complexity index is 2140. The molecule has 10 heteroatoms. The van der Waals surface area contributed by atoms with Gasteiger partial charge in [-0.2, -0.15) is 0 Å². The molecule has 2 aromatic heterocycles. The van der Waals surface area contributed by atoms with Gasteiger partial charge in [0.25, 0.3) is 11.2 Å². The van der Waals surface area contributed by atoms with Crippen molar-refractivity contribution < 1.29 is 18.8 Å². The first-order valence-electron chi connectivity index (χ1n) is 13.7. The Kier molecular flexibility index (Phi) is 6.55.